The number of nitrogens with zero attached hydrogens (tertiary/aromatic N) is 4. The van der Waals surface area contributed by atoms with Crippen molar-refractivity contribution < 1.29 is 9.18 Å². The highest BCUT2D eigenvalue weighted by molar-refractivity contribution is 6.42. The molecule has 2 aliphatic rings. The summed E-state index contributed by atoms with van der Waals surface area (Å²) in [6, 6.07) is 6.85. The van der Waals surface area contributed by atoms with Crippen molar-refractivity contribution in [3.8, 4) is 0 Å². The summed E-state index contributed by atoms with van der Waals surface area (Å²) < 4.78 is 14.5. The van der Waals surface area contributed by atoms with Crippen molar-refractivity contribution in [3.05, 3.63) is 64.8 Å². The Kier molecular flexibility index (Phi) is 4.83. The second-order valence-corrected chi connectivity index (χ2v) is 8.73. The molecule has 3 aromatic rings. The number of anilines is 2. The number of aromatic nitrogens is 3. The van der Waals surface area contributed by atoms with Gasteiger partial charge in [0.25, 0.3) is 0 Å². The number of hydrogen-bond donors (Lipinski definition) is 1. The monoisotopic (exact) mass is 457 g/mol. The Hall–Kier alpha value is -2.77. The van der Waals surface area contributed by atoms with Crippen LogP contribution in [0.1, 0.15) is 30.9 Å². The van der Waals surface area contributed by atoms with Crippen molar-refractivity contribution in [3.63, 3.8) is 0 Å². The van der Waals surface area contributed by atoms with Crippen LogP contribution in [0.3, 0.4) is 0 Å². The van der Waals surface area contributed by atoms with Crippen LogP contribution in [0.2, 0.25) is 10.0 Å². The predicted molar refractivity (Wildman–Crippen MR) is 118 cm³/mol. The fraction of sp³-hybridized carbons (Fsp3) is 0.273. The molecule has 1 saturated carbocycles. The molecule has 1 aliphatic heterocycles. The first-order chi connectivity index (χ1) is 14.9. The van der Waals surface area contributed by atoms with Crippen molar-refractivity contribution in [2.75, 3.05) is 11.9 Å². The zero-order chi connectivity index (χ0) is 21.8. The Balaban J connectivity index is 1.43. The smallest absolute Gasteiger partial charge is 0.246 e. The van der Waals surface area contributed by atoms with Gasteiger partial charge in [-0.3, -0.25) is 4.79 Å². The largest absolute Gasteiger partial charge is 0.336 e. The van der Waals surface area contributed by atoms with Crippen LogP contribution in [0.4, 0.5) is 15.9 Å². The van der Waals surface area contributed by atoms with Crippen molar-refractivity contribution in [1.82, 2.24) is 19.9 Å². The molecular formula is C22H18Cl2FN5O. The van der Waals surface area contributed by atoms with Crippen LogP contribution in [0.5, 0.6) is 0 Å². The summed E-state index contributed by atoms with van der Waals surface area (Å²) in [5.74, 6) is -0.0560. The topological polar surface area (TPSA) is 71.0 Å². The maximum atomic E-state index is 14.5. The molecule has 3 heterocycles. The van der Waals surface area contributed by atoms with E-state index >= 15 is 0 Å². The van der Waals surface area contributed by atoms with E-state index in [-0.39, 0.29) is 33.1 Å². The number of hydrogen-bond acceptors (Lipinski definition) is 5. The van der Waals surface area contributed by atoms with Gasteiger partial charge in [0.1, 0.15) is 11.8 Å². The zero-order valence-corrected chi connectivity index (χ0v) is 17.9. The average Bonchev–Trinajstić information content (AvgIpc) is 2.72. The van der Waals surface area contributed by atoms with Crippen LogP contribution in [0, 0.1) is 5.82 Å². The van der Waals surface area contributed by atoms with Crippen molar-refractivity contribution >= 4 is 51.6 Å². The minimum absolute atomic E-state index is 0.0142. The summed E-state index contributed by atoms with van der Waals surface area (Å²) in [5, 5.41) is 2.94. The van der Waals surface area contributed by atoms with Crippen molar-refractivity contribution in [2.45, 2.75) is 30.7 Å². The molecule has 1 aliphatic carbocycles. The molecule has 0 radical (unpaired) electrons. The van der Waals surface area contributed by atoms with E-state index < -0.39 is 5.82 Å². The van der Waals surface area contributed by atoms with E-state index in [2.05, 4.69) is 21.9 Å². The molecule has 1 saturated heterocycles. The highest BCUT2D eigenvalue weighted by Crippen LogP contribution is 2.54. The number of carbonyl (C=O) groups is 1. The average molecular weight is 458 g/mol. The standard InChI is InChI=1S/C22H18Cl2FN5O/c1-2-17(31)30-8-7-22(30)9-12(10-22)14-5-6-16-20(28-14)21(27-11-26-16)29-15-4-3-13(23)18(24)19(15)25/h2-6,11-12H,1,7-10H2,(H,26,27,29). The number of halogens is 3. The highest BCUT2D eigenvalue weighted by atomic mass is 35.5. The van der Waals surface area contributed by atoms with Crippen LogP contribution in [0.25, 0.3) is 11.0 Å². The SMILES string of the molecule is C=CC(=O)N1CCC12CC(c1ccc3ncnc(Nc4ccc(Cl)c(Cl)c4F)c3n1)C2. The number of amides is 1. The van der Waals surface area contributed by atoms with E-state index in [1.165, 1.54) is 24.5 Å². The van der Waals surface area contributed by atoms with Gasteiger partial charge in [-0.25, -0.2) is 19.3 Å². The fourth-order valence-electron chi connectivity index (χ4n) is 4.51. The van der Waals surface area contributed by atoms with Gasteiger partial charge < -0.3 is 10.2 Å². The summed E-state index contributed by atoms with van der Waals surface area (Å²) in [4.78, 5) is 27.2. The van der Waals surface area contributed by atoms with Crippen molar-refractivity contribution in [1.29, 1.82) is 0 Å². The number of likely N-dealkylation sites (tertiary alicyclic amines) is 1. The summed E-state index contributed by atoms with van der Waals surface area (Å²) in [6.07, 6.45) is 5.50. The maximum Gasteiger partial charge on any atom is 0.246 e. The minimum atomic E-state index is -0.657. The maximum absolute atomic E-state index is 14.5. The van der Waals surface area contributed by atoms with E-state index in [1.54, 1.807) is 0 Å². The van der Waals surface area contributed by atoms with Gasteiger partial charge in [-0.15, -0.1) is 0 Å². The molecule has 2 aromatic heterocycles. The number of fused-ring (bicyclic) bond motifs is 1. The fourth-order valence-corrected chi connectivity index (χ4v) is 4.82. The Morgan fingerprint density at radius 2 is 2.06 bits per heavy atom. The Morgan fingerprint density at radius 3 is 2.77 bits per heavy atom. The Morgan fingerprint density at radius 1 is 1.26 bits per heavy atom. The van der Waals surface area contributed by atoms with Gasteiger partial charge >= 0.3 is 0 Å². The van der Waals surface area contributed by atoms with Gasteiger partial charge in [0.05, 0.1) is 21.2 Å². The van der Waals surface area contributed by atoms with Gasteiger partial charge in [0.2, 0.25) is 5.91 Å². The number of nitrogens with one attached hydrogen (secondary N) is 1. The minimum Gasteiger partial charge on any atom is -0.336 e. The van der Waals surface area contributed by atoms with Gasteiger partial charge in [-0.2, -0.15) is 0 Å². The quantitative estimate of drug-likeness (QED) is 0.427. The lowest BCUT2D eigenvalue weighted by Gasteiger charge is -2.61. The molecule has 1 spiro atoms. The normalized spacial score (nSPS) is 22.2. The van der Waals surface area contributed by atoms with Gasteiger partial charge in [0, 0.05) is 23.7 Å². The Bertz CT molecular complexity index is 1230. The van der Waals surface area contributed by atoms with E-state index in [4.69, 9.17) is 28.2 Å². The van der Waals surface area contributed by atoms with Gasteiger partial charge in [-0.05, 0) is 49.6 Å². The lowest BCUT2D eigenvalue weighted by molar-refractivity contribution is -0.152. The van der Waals surface area contributed by atoms with Crippen molar-refractivity contribution in [2.24, 2.45) is 0 Å². The van der Waals surface area contributed by atoms with Gasteiger partial charge in [-0.1, -0.05) is 29.8 Å². The van der Waals surface area contributed by atoms with Crippen LogP contribution >= 0.6 is 23.2 Å². The molecule has 1 aromatic carbocycles. The predicted octanol–water partition coefficient (Wildman–Crippen LogP) is 5.25. The third-order valence-electron chi connectivity index (χ3n) is 6.28. The zero-order valence-electron chi connectivity index (χ0n) is 16.4. The number of pyridine rings is 1. The first kappa shape index (κ1) is 20.2. The van der Waals surface area contributed by atoms with E-state index in [0.29, 0.717) is 16.9 Å². The lowest BCUT2D eigenvalue weighted by Crippen LogP contribution is -2.67. The highest BCUT2D eigenvalue weighted by Gasteiger charge is 2.55. The van der Waals surface area contributed by atoms with Gasteiger partial charge in [0.15, 0.2) is 11.6 Å². The lowest BCUT2D eigenvalue weighted by atomic mass is 9.60. The van der Waals surface area contributed by atoms with E-state index in [0.717, 1.165) is 31.5 Å². The van der Waals surface area contributed by atoms with Crippen LogP contribution in [-0.4, -0.2) is 37.8 Å². The summed E-state index contributed by atoms with van der Waals surface area (Å²) in [7, 11) is 0. The molecule has 0 atom stereocenters. The first-order valence-electron chi connectivity index (χ1n) is 9.88. The number of carbonyl (C=O) groups excluding carboxylic acids is 1. The van der Waals surface area contributed by atoms with Crippen LogP contribution in [-0.2, 0) is 4.79 Å². The Labute approximate surface area is 188 Å². The summed E-state index contributed by atoms with van der Waals surface area (Å²) >= 11 is 11.8. The number of rotatable bonds is 4. The van der Waals surface area contributed by atoms with E-state index in [9.17, 15) is 9.18 Å². The molecule has 1 amide bonds. The molecule has 6 nitrogen and oxygen atoms in total. The van der Waals surface area contributed by atoms with Crippen LogP contribution < -0.4 is 5.32 Å². The molecule has 0 bridgehead atoms. The summed E-state index contributed by atoms with van der Waals surface area (Å²) in [5.41, 5.74) is 2.17. The third kappa shape index (κ3) is 3.23. The molecule has 1 N–H and O–H groups in total. The molecule has 2 fully saturated rings. The molecule has 31 heavy (non-hydrogen) atoms. The first-order valence-corrected chi connectivity index (χ1v) is 10.6. The van der Waals surface area contributed by atoms with Crippen LogP contribution in [0.15, 0.2) is 43.2 Å². The molecule has 158 valence electrons. The molecular weight excluding hydrogens is 440 g/mol. The second-order valence-electron chi connectivity index (χ2n) is 7.95. The third-order valence-corrected chi connectivity index (χ3v) is 7.06. The summed E-state index contributed by atoms with van der Waals surface area (Å²) in [6.45, 7) is 4.37. The molecule has 5 rings (SSSR count). The molecule has 0 unspecified atom stereocenters. The second kappa shape index (κ2) is 7.43. The number of benzene rings is 1. The van der Waals surface area contributed by atoms with E-state index in [1.807, 2.05) is 17.0 Å². The molecule has 9 heteroatoms.